The van der Waals surface area contributed by atoms with Gasteiger partial charge in [-0.05, 0) is 39.6 Å². The molecule has 19 heavy (non-hydrogen) atoms. The topological polar surface area (TPSA) is 64.8 Å². The van der Waals surface area contributed by atoms with E-state index in [1.807, 2.05) is 14.1 Å². The van der Waals surface area contributed by atoms with Crippen molar-refractivity contribution in [3.05, 3.63) is 23.8 Å². The van der Waals surface area contributed by atoms with Gasteiger partial charge in [0.15, 0.2) is 0 Å². The third kappa shape index (κ3) is 4.79. The first kappa shape index (κ1) is 15.3. The molecule has 0 aliphatic heterocycles. The summed E-state index contributed by atoms with van der Waals surface area (Å²) in [7, 11) is 4.02. The third-order valence-electron chi connectivity index (χ3n) is 2.57. The van der Waals surface area contributed by atoms with Crippen LogP contribution in [0, 0.1) is 0 Å². The van der Waals surface area contributed by atoms with Crippen molar-refractivity contribution in [2.75, 3.05) is 39.6 Å². The average molecular weight is 266 g/mol. The van der Waals surface area contributed by atoms with Gasteiger partial charge in [-0.1, -0.05) is 6.07 Å². The number of esters is 1. The second-order valence-corrected chi connectivity index (χ2v) is 4.44. The molecule has 106 valence electrons. The summed E-state index contributed by atoms with van der Waals surface area (Å²) in [5, 5.41) is 0. The molecule has 0 spiro atoms. The van der Waals surface area contributed by atoms with Gasteiger partial charge in [-0.3, -0.25) is 0 Å². The van der Waals surface area contributed by atoms with E-state index in [4.69, 9.17) is 15.2 Å². The highest BCUT2D eigenvalue weighted by molar-refractivity contribution is 5.96. The van der Waals surface area contributed by atoms with Crippen molar-refractivity contribution < 1.29 is 14.3 Å². The molecule has 0 bridgehead atoms. The molecular weight excluding hydrogens is 244 g/mol. The third-order valence-corrected chi connectivity index (χ3v) is 2.57. The molecule has 1 aromatic carbocycles. The second kappa shape index (κ2) is 7.63. The zero-order chi connectivity index (χ0) is 14.3. The lowest BCUT2D eigenvalue weighted by Gasteiger charge is -2.13. The van der Waals surface area contributed by atoms with Crippen molar-refractivity contribution in [1.82, 2.24) is 4.90 Å². The quantitative estimate of drug-likeness (QED) is 0.463. The van der Waals surface area contributed by atoms with E-state index in [1.54, 1.807) is 25.1 Å². The molecule has 0 heterocycles. The van der Waals surface area contributed by atoms with Crippen LogP contribution in [0.4, 0.5) is 5.69 Å². The predicted octanol–water partition coefficient (Wildman–Crippen LogP) is 1.78. The van der Waals surface area contributed by atoms with E-state index in [2.05, 4.69) is 4.90 Å². The molecule has 0 atom stereocenters. The Hall–Kier alpha value is -1.75. The van der Waals surface area contributed by atoms with Crippen LogP contribution in [0.15, 0.2) is 18.2 Å². The highest BCUT2D eigenvalue weighted by Crippen LogP contribution is 2.25. The van der Waals surface area contributed by atoms with Gasteiger partial charge in [-0.15, -0.1) is 0 Å². The largest absolute Gasteiger partial charge is 0.491 e. The zero-order valence-electron chi connectivity index (χ0n) is 11.8. The number of hydrogen-bond acceptors (Lipinski definition) is 5. The summed E-state index contributed by atoms with van der Waals surface area (Å²) in [6, 6.07) is 5.14. The molecular formula is C14H22N2O3. The monoisotopic (exact) mass is 266 g/mol. The van der Waals surface area contributed by atoms with Crippen LogP contribution < -0.4 is 10.5 Å². The van der Waals surface area contributed by atoms with Crippen LogP contribution in [-0.2, 0) is 4.74 Å². The van der Waals surface area contributed by atoms with E-state index in [-0.39, 0.29) is 0 Å². The van der Waals surface area contributed by atoms with Crippen LogP contribution in [0.1, 0.15) is 23.7 Å². The van der Waals surface area contributed by atoms with E-state index >= 15 is 0 Å². The molecule has 0 amide bonds. The van der Waals surface area contributed by atoms with E-state index < -0.39 is 5.97 Å². The molecule has 0 fully saturated rings. The Kier molecular flexibility index (Phi) is 6.15. The minimum atomic E-state index is -0.418. The van der Waals surface area contributed by atoms with Gasteiger partial charge in [0, 0.05) is 6.54 Å². The second-order valence-electron chi connectivity index (χ2n) is 4.44. The number of hydrogen-bond donors (Lipinski definition) is 1. The first-order chi connectivity index (χ1) is 9.06. The van der Waals surface area contributed by atoms with Crippen molar-refractivity contribution in [3.8, 4) is 5.75 Å². The number of anilines is 1. The smallest absolute Gasteiger partial charge is 0.340 e. The fraction of sp³-hybridized carbons (Fsp3) is 0.500. The van der Waals surface area contributed by atoms with E-state index in [1.165, 1.54) is 0 Å². The van der Waals surface area contributed by atoms with Gasteiger partial charge in [0.1, 0.15) is 5.75 Å². The van der Waals surface area contributed by atoms with E-state index in [0.717, 1.165) is 13.0 Å². The van der Waals surface area contributed by atoms with Gasteiger partial charge in [0.2, 0.25) is 0 Å². The Labute approximate surface area is 114 Å². The van der Waals surface area contributed by atoms with Gasteiger partial charge in [-0.25, -0.2) is 4.79 Å². The average Bonchev–Trinajstić information content (AvgIpc) is 2.36. The van der Waals surface area contributed by atoms with Crippen LogP contribution in [0.3, 0.4) is 0 Å². The molecule has 5 nitrogen and oxygen atoms in total. The number of rotatable bonds is 7. The Morgan fingerprint density at radius 3 is 2.74 bits per heavy atom. The predicted molar refractivity (Wildman–Crippen MR) is 75.5 cm³/mol. The summed E-state index contributed by atoms with van der Waals surface area (Å²) in [6.07, 6.45) is 0.899. The van der Waals surface area contributed by atoms with Gasteiger partial charge >= 0.3 is 5.97 Å². The Morgan fingerprint density at radius 1 is 1.37 bits per heavy atom. The lowest BCUT2D eigenvalue weighted by Crippen LogP contribution is -2.16. The van der Waals surface area contributed by atoms with Crippen molar-refractivity contribution in [1.29, 1.82) is 0 Å². The number of ether oxygens (including phenoxy) is 2. The van der Waals surface area contributed by atoms with Gasteiger partial charge in [-0.2, -0.15) is 0 Å². The van der Waals surface area contributed by atoms with Gasteiger partial charge < -0.3 is 20.1 Å². The zero-order valence-corrected chi connectivity index (χ0v) is 11.8. The molecule has 0 saturated carbocycles. The molecule has 0 aliphatic carbocycles. The summed E-state index contributed by atoms with van der Waals surface area (Å²) >= 11 is 0. The number of nitrogen functional groups attached to an aromatic ring is 1. The summed E-state index contributed by atoms with van der Waals surface area (Å²) in [4.78, 5) is 13.8. The molecule has 1 rings (SSSR count). The summed E-state index contributed by atoms with van der Waals surface area (Å²) < 4.78 is 10.5. The first-order valence-electron chi connectivity index (χ1n) is 6.39. The van der Waals surface area contributed by atoms with E-state index in [9.17, 15) is 4.79 Å². The molecule has 2 N–H and O–H groups in total. The number of para-hydroxylation sites is 1. The number of carbonyl (C=O) groups excluding carboxylic acids is 1. The molecule has 1 aromatic rings. The van der Waals surface area contributed by atoms with Crippen LogP contribution in [0.2, 0.25) is 0 Å². The first-order valence-corrected chi connectivity index (χ1v) is 6.39. The summed E-state index contributed by atoms with van der Waals surface area (Å²) in [5.41, 5.74) is 6.61. The minimum absolute atomic E-state index is 0.326. The van der Waals surface area contributed by atoms with Crippen molar-refractivity contribution >= 4 is 11.7 Å². The molecule has 0 aromatic heterocycles. The van der Waals surface area contributed by atoms with Gasteiger partial charge in [0.25, 0.3) is 0 Å². The molecule has 0 aliphatic rings. The normalized spacial score (nSPS) is 10.5. The van der Waals surface area contributed by atoms with Crippen molar-refractivity contribution in [2.24, 2.45) is 0 Å². The van der Waals surface area contributed by atoms with E-state index in [0.29, 0.717) is 30.2 Å². The van der Waals surface area contributed by atoms with Crippen LogP contribution >= 0.6 is 0 Å². The van der Waals surface area contributed by atoms with Crippen LogP contribution in [-0.4, -0.2) is 44.7 Å². The highest BCUT2D eigenvalue weighted by atomic mass is 16.5. The minimum Gasteiger partial charge on any atom is -0.491 e. The Morgan fingerprint density at radius 2 is 2.11 bits per heavy atom. The number of nitrogens with zero attached hydrogens (tertiary/aromatic N) is 1. The fourth-order valence-corrected chi connectivity index (χ4v) is 1.62. The van der Waals surface area contributed by atoms with Crippen LogP contribution in [0.5, 0.6) is 5.75 Å². The Bertz CT molecular complexity index is 419. The highest BCUT2D eigenvalue weighted by Gasteiger charge is 2.14. The lowest BCUT2D eigenvalue weighted by atomic mass is 10.1. The fourth-order valence-electron chi connectivity index (χ4n) is 1.62. The molecule has 0 radical (unpaired) electrons. The van der Waals surface area contributed by atoms with Crippen molar-refractivity contribution in [2.45, 2.75) is 13.3 Å². The summed E-state index contributed by atoms with van der Waals surface area (Å²) in [5.74, 6) is 0.114. The number of carbonyl (C=O) groups is 1. The number of nitrogens with two attached hydrogens (primary N) is 1. The maximum atomic E-state index is 11.7. The standard InChI is InChI=1S/C14H22N2O3/c1-4-18-14(17)11-7-5-8-12(13(11)15)19-10-6-9-16(2)3/h5,7-8H,4,6,9-10,15H2,1-3H3. The molecule has 5 heteroatoms. The van der Waals surface area contributed by atoms with Gasteiger partial charge in [0.05, 0.1) is 24.5 Å². The molecule has 0 unspecified atom stereocenters. The van der Waals surface area contributed by atoms with Crippen molar-refractivity contribution in [3.63, 3.8) is 0 Å². The maximum Gasteiger partial charge on any atom is 0.340 e. The number of benzene rings is 1. The Balaban J connectivity index is 2.64. The molecule has 0 saturated heterocycles. The maximum absolute atomic E-state index is 11.7. The lowest BCUT2D eigenvalue weighted by molar-refractivity contribution is 0.0527. The SMILES string of the molecule is CCOC(=O)c1cccc(OCCCN(C)C)c1N. The summed E-state index contributed by atoms with van der Waals surface area (Å²) in [6.45, 7) is 3.59. The van der Waals surface area contributed by atoms with Crippen LogP contribution in [0.25, 0.3) is 0 Å².